The molecule has 0 unspecified atom stereocenters. The van der Waals surface area contributed by atoms with E-state index in [0.29, 0.717) is 30.9 Å². The second kappa shape index (κ2) is 12.8. The maximum Gasteiger partial charge on any atom is 0.343 e. The fourth-order valence-electron chi connectivity index (χ4n) is 5.38. The molecule has 6 rings (SSSR count). The number of carbonyl (C=O) groups excluding carboxylic acids is 1. The van der Waals surface area contributed by atoms with E-state index in [9.17, 15) is 19.2 Å². The molecule has 0 atom stereocenters. The highest BCUT2D eigenvalue weighted by atomic mass is 19.1. The Hall–Kier alpha value is -5.60. The number of carboxylic acids is 2. The number of pyridine rings is 1. The van der Waals surface area contributed by atoms with Crippen LogP contribution in [-0.4, -0.2) is 55.8 Å². The normalized spacial score (nSPS) is 13.6. The number of hydrogen-bond acceptors (Lipinski definition) is 10. The van der Waals surface area contributed by atoms with Crippen LogP contribution >= 0.6 is 0 Å². The van der Waals surface area contributed by atoms with Crippen LogP contribution < -0.4 is 21.8 Å². The molecular formula is C31H30F2N6O7. The summed E-state index contributed by atoms with van der Waals surface area (Å²) in [5.74, 6) is -4.72. The average molecular weight is 637 g/mol. The lowest BCUT2D eigenvalue weighted by atomic mass is 9.98. The smallest absolute Gasteiger partial charge is 0.343 e. The van der Waals surface area contributed by atoms with Crippen LogP contribution in [0.2, 0.25) is 0 Å². The zero-order valence-electron chi connectivity index (χ0n) is 24.6. The minimum absolute atomic E-state index is 0.00657. The maximum atomic E-state index is 16.2. The van der Waals surface area contributed by atoms with E-state index in [1.165, 1.54) is 6.20 Å². The number of fused-ring (bicyclic) bond motifs is 2. The molecule has 3 heterocycles. The predicted molar refractivity (Wildman–Crippen MR) is 163 cm³/mol. The Kier molecular flexibility index (Phi) is 8.84. The number of nitrogens with zero attached hydrogens (tertiary/aromatic N) is 4. The molecular weight excluding hydrogens is 606 g/mol. The first-order chi connectivity index (χ1) is 21.9. The number of halogens is 2. The summed E-state index contributed by atoms with van der Waals surface area (Å²) >= 11 is 0. The van der Waals surface area contributed by atoms with Crippen LogP contribution in [0, 0.1) is 11.6 Å². The van der Waals surface area contributed by atoms with Crippen molar-refractivity contribution in [1.29, 1.82) is 0 Å². The lowest BCUT2D eigenvalue weighted by molar-refractivity contribution is -0.147. The number of rotatable bonds is 8. The molecule has 2 aliphatic rings. The number of ether oxygens (including phenoxy) is 1. The number of nitrogens with two attached hydrogens (primary N) is 2. The summed E-state index contributed by atoms with van der Waals surface area (Å²) < 4.78 is 38.3. The van der Waals surface area contributed by atoms with Crippen LogP contribution in [0.5, 0.6) is 0 Å². The molecule has 0 radical (unpaired) electrons. The number of esters is 1. The van der Waals surface area contributed by atoms with Gasteiger partial charge < -0.3 is 35.9 Å². The van der Waals surface area contributed by atoms with Crippen molar-refractivity contribution >= 4 is 46.3 Å². The first-order valence-electron chi connectivity index (χ1n) is 14.3. The second-order valence-corrected chi connectivity index (χ2v) is 10.8. The van der Waals surface area contributed by atoms with Crippen LogP contribution in [-0.2, 0) is 27.3 Å². The van der Waals surface area contributed by atoms with E-state index in [1.807, 2.05) is 6.07 Å². The van der Waals surface area contributed by atoms with Gasteiger partial charge in [0, 0.05) is 42.8 Å². The first-order valence-corrected chi connectivity index (χ1v) is 14.3. The fraction of sp³-hybridized carbons (Fsp3) is 0.290. The standard InChI is InChI=1S/C28H26F2N6O3.C3H4O4/c1-2-39-27(38)19-13-36(17-4-5-17)24-18(25(19)37)10-20(29)22(23(24)30)15-3-6-21-14(9-15)7-8-35(21)12-16-11-33-28(32)34-26(16)31;4-2(5)1-3(6)7/h3,6,9-11,13,17H,2,4-5,7-8,12H2,1H3,(H4,31,32,33,34);1H2,(H,4,5)(H,6,7). The lowest BCUT2D eigenvalue weighted by Crippen LogP contribution is -2.22. The Bertz CT molecular complexity index is 1930. The quantitative estimate of drug-likeness (QED) is 0.162. The molecule has 0 saturated heterocycles. The van der Waals surface area contributed by atoms with Gasteiger partial charge in [-0.15, -0.1) is 0 Å². The van der Waals surface area contributed by atoms with Crippen molar-refractivity contribution in [2.45, 2.75) is 45.2 Å². The number of aromatic nitrogens is 3. The Morgan fingerprint density at radius 2 is 1.83 bits per heavy atom. The van der Waals surface area contributed by atoms with Gasteiger partial charge in [0.1, 0.15) is 23.6 Å². The zero-order valence-corrected chi connectivity index (χ0v) is 24.6. The summed E-state index contributed by atoms with van der Waals surface area (Å²) in [4.78, 5) is 54.5. The molecule has 1 aliphatic heterocycles. The van der Waals surface area contributed by atoms with Gasteiger partial charge in [-0.2, -0.15) is 4.98 Å². The molecule has 1 aliphatic carbocycles. The van der Waals surface area contributed by atoms with Gasteiger partial charge in [0.15, 0.2) is 5.82 Å². The highest BCUT2D eigenvalue weighted by Crippen LogP contribution is 2.41. The number of anilines is 3. The SMILES string of the molecule is CCOC(=O)c1cn(C2CC2)c2c(F)c(-c3ccc4c(c3)CCN4Cc3cnc(N)nc3N)c(F)cc2c1=O.O=C(O)CC(=O)O. The third-order valence-corrected chi connectivity index (χ3v) is 7.58. The Morgan fingerprint density at radius 1 is 1.11 bits per heavy atom. The van der Waals surface area contributed by atoms with Crippen molar-refractivity contribution in [2.24, 2.45) is 0 Å². The van der Waals surface area contributed by atoms with Gasteiger partial charge in [-0.3, -0.25) is 14.4 Å². The summed E-state index contributed by atoms with van der Waals surface area (Å²) in [5.41, 5.74) is 13.3. The van der Waals surface area contributed by atoms with Crippen molar-refractivity contribution < 1.29 is 38.1 Å². The van der Waals surface area contributed by atoms with E-state index in [4.69, 9.17) is 26.4 Å². The molecule has 4 aromatic rings. The number of aliphatic carboxylic acids is 2. The van der Waals surface area contributed by atoms with Gasteiger partial charge in [-0.25, -0.2) is 18.6 Å². The average Bonchev–Trinajstić information content (AvgIpc) is 3.75. The molecule has 0 amide bonds. The Labute approximate surface area is 260 Å². The number of nitrogen functional groups attached to an aromatic ring is 2. The first kappa shape index (κ1) is 31.8. The lowest BCUT2D eigenvalue weighted by Gasteiger charge is -2.20. The van der Waals surface area contributed by atoms with Crippen molar-refractivity contribution in [3.8, 4) is 11.1 Å². The highest BCUT2D eigenvalue weighted by Gasteiger charge is 2.31. The number of carbonyl (C=O) groups is 3. The molecule has 15 heteroatoms. The van der Waals surface area contributed by atoms with E-state index >= 15 is 8.78 Å². The summed E-state index contributed by atoms with van der Waals surface area (Å²) in [7, 11) is 0. The molecule has 13 nitrogen and oxygen atoms in total. The summed E-state index contributed by atoms with van der Waals surface area (Å²) in [6.07, 6.45) is 4.34. The maximum absolute atomic E-state index is 16.2. The highest BCUT2D eigenvalue weighted by molar-refractivity contribution is 5.95. The van der Waals surface area contributed by atoms with Gasteiger partial charge in [0.05, 0.1) is 23.1 Å². The third kappa shape index (κ3) is 6.43. The molecule has 46 heavy (non-hydrogen) atoms. The van der Waals surface area contributed by atoms with Crippen LogP contribution in [0.25, 0.3) is 22.0 Å². The van der Waals surface area contributed by atoms with Crippen LogP contribution in [0.1, 0.15) is 53.7 Å². The molecule has 240 valence electrons. The van der Waals surface area contributed by atoms with Crippen molar-refractivity contribution in [2.75, 3.05) is 29.5 Å². The zero-order chi connectivity index (χ0) is 33.3. The minimum Gasteiger partial charge on any atom is -0.481 e. The number of carboxylic acid groups (broad SMARTS) is 2. The summed E-state index contributed by atoms with van der Waals surface area (Å²) in [6, 6.07) is 6.22. The van der Waals surface area contributed by atoms with Gasteiger partial charge in [-0.1, -0.05) is 6.07 Å². The second-order valence-electron chi connectivity index (χ2n) is 10.8. The van der Waals surface area contributed by atoms with E-state index in [1.54, 1.807) is 29.8 Å². The topological polar surface area (TPSA) is 204 Å². The molecule has 2 aromatic carbocycles. The Morgan fingerprint density at radius 3 is 2.43 bits per heavy atom. The largest absolute Gasteiger partial charge is 0.481 e. The summed E-state index contributed by atoms with van der Waals surface area (Å²) in [6.45, 7) is 2.86. The Balaban J connectivity index is 0.000000537. The number of hydrogen-bond donors (Lipinski definition) is 4. The van der Waals surface area contributed by atoms with E-state index in [0.717, 1.165) is 35.7 Å². The predicted octanol–water partition coefficient (Wildman–Crippen LogP) is 3.52. The van der Waals surface area contributed by atoms with E-state index < -0.39 is 41.4 Å². The fourth-order valence-corrected chi connectivity index (χ4v) is 5.38. The molecule has 0 spiro atoms. The van der Waals surface area contributed by atoms with Gasteiger partial charge in [0.25, 0.3) is 0 Å². The summed E-state index contributed by atoms with van der Waals surface area (Å²) in [5, 5.41) is 15.2. The number of benzene rings is 2. The van der Waals surface area contributed by atoms with Crippen LogP contribution in [0.15, 0.2) is 41.5 Å². The molecule has 2 aromatic heterocycles. The molecule has 1 saturated carbocycles. The molecule has 1 fully saturated rings. The van der Waals surface area contributed by atoms with E-state index in [-0.39, 0.29) is 40.6 Å². The van der Waals surface area contributed by atoms with Crippen molar-refractivity contribution in [1.82, 2.24) is 14.5 Å². The molecule has 0 bridgehead atoms. The van der Waals surface area contributed by atoms with Crippen molar-refractivity contribution in [3.05, 3.63) is 75.2 Å². The van der Waals surface area contributed by atoms with Crippen LogP contribution in [0.4, 0.5) is 26.2 Å². The van der Waals surface area contributed by atoms with Gasteiger partial charge >= 0.3 is 17.9 Å². The van der Waals surface area contributed by atoms with E-state index in [2.05, 4.69) is 14.9 Å². The van der Waals surface area contributed by atoms with Crippen molar-refractivity contribution in [3.63, 3.8) is 0 Å². The third-order valence-electron chi connectivity index (χ3n) is 7.58. The monoisotopic (exact) mass is 636 g/mol. The molecule has 6 N–H and O–H groups in total. The van der Waals surface area contributed by atoms with Gasteiger partial charge in [0.2, 0.25) is 11.4 Å². The minimum atomic E-state index is -1.31. The van der Waals surface area contributed by atoms with Crippen LogP contribution in [0.3, 0.4) is 0 Å². The van der Waals surface area contributed by atoms with Gasteiger partial charge in [-0.05, 0) is 55.5 Å².